The molecule has 0 bridgehead atoms. The van der Waals surface area contributed by atoms with Crippen LogP contribution in [0.25, 0.3) is 5.69 Å². The van der Waals surface area contributed by atoms with E-state index in [1.807, 2.05) is 25.1 Å². The van der Waals surface area contributed by atoms with Crippen LogP contribution in [0.5, 0.6) is 5.75 Å². The summed E-state index contributed by atoms with van der Waals surface area (Å²) in [5.41, 5.74) is 3.35. The molecule has 1 aromatic heterocycles. The Bertz CT molecular complexity index is 1260. The van der Waals surface area contributed by atoms with Crippen LogP contribution in [-0.4, -0.2) is 38.7 Å². The van der Waals surface area contributed by atoms with Crippen molar-refractivity contribution in [2.75, 3.05) is 6.61 Å². The number of aryl methyl sites for hydroxylation is 3. The van der Waals surface area contributed by atoms with Gasteiger partial charge < -0.3 is 9.47 Å². The highest BCUT2D eigenvalue weighted by molar-refractivity contribution is 6.39. The minimum absolute atomic E-state index is 0.0674. The van der Waals surface area contributed by atoms with Crippen LogP contribution in [-0.2, 0) is 28.0 Å². The quantitative estimate of drug-likeness (QED) is 0.231. The summed E-state index contributed by atoms with van der Waals surface area (Å²) in [7, 11) is 1.64. The summed E-state index contributed by atoms with van der Waals surface area (Å²) in [4.78, 5) is 48.5. The smallest absolute Gasteiger partial charge is 0.375 e. The van der Waals surface area contributed by atoms with Crippen molar-refractivity contribution < 1.29 is 23.9 Å². The number of ether oxygens (including phenoxy) is 2. The Morgan fingerprint density at radius 1 is 1.09 bits per heavy atom. The van der Waals surface area contributed by atoms with E-state index in [-0.39, 0.29) is 18.9 Å². The lowest BCUT2D eigenvalue weighted by molar-refractivity contribution is -0.154. The van der Waals surface area contributed by atoms with E-state index in [0.717, 1.165) is 11.1 Å². The van der Waals surface area contributed by atoms with Gasteiger partial charge in [0, 0.05) is 18.2 Å². The third-order valence-electron chi connectivity index (χ3n) is 5.45. The molecule has 9 nitrogen and oxygen atoms in total. The molecule has 0 radical (unpaired) electrons. The van der Waals surface area contributed by atoms with Crippen molar-refractivity contribution in [3.05, 3.63) is 69.1 Å². The van der Waals surface area contributed by atoms with Gasteiger partial charge in [0.15, 0.2) is 5.78 Å². The molecule has 0 aliphatic heterocycles. The number of rotatable bonds is 9. The number of nitrogens with zero attached hydrogens (tertiary/aromatic N) is 2. The van der Waals surface area contributed by atoms with Crippen LogP contribution >= 0.6 is 0 Å². The molecule has 2 aromatic carbocycles. The zero-order valence-electron chi connectivity index (χ0n) is 19.3. The number of ketones is 2. The highest BCUT2D eigenvalue weighted by Crippen LogP contribution is 2.25. The Balaban J connectivity index is 1.77. The molecule has 1 N–H and O–H groups in total. The Labute approximate surface area is 190 Å². The van der Waals surface area contributed by atoms with Gasteiger partial charge >= 0.3 is 11.7 Å². The molecule has 0 saturated heterocycles. The SMILES string of the molecule is CCOC(=O)C(=O)C(C)C(=O)c1ccc(OCc2c(C)cccc2-n2[nH]n(C)c2=O)c(C)c1. The summed E-state index contributed by atoms with van der Waals surface area (Å²) in [6, 6.07) is 10.5. The first-order valence-electron chi connectivity index (χ1n) is 10.6. The van der Waals surface area contributed by atoms with E-state index in [1.54, 1.807) is 39.1 Å². The number of nitrogens with one attached hydrogen (secondary N) is 1. The van der Waals surface area contributed by atoms with Crippen molar-refractivity contribution in [3.63, 3.8) is 0 Å². The number of benzene rings is 2. The van der Waals surface area contributed by atoms with Crippen LogP contribution in [0.15, 0.2) is 41.2 Å². The fourth-order valence-corrected chi connectivity index (χ4v) is 3.44. The van der Waals surface area contributed by atoms with Crippen molar-refractivity contribution in [2.45, 2.75) is 34.3 Å². The second kappa shape index (κ2) is 9.72. The van der Waals surface area contributed by atoms with Gasteiger partial charge in [0.25, 0.3) is 5.78 Å². The van der Waals surface area contributed by atoms with Crippen molar-refractivity contribution in [1.82, 2.24) is 14.6 Å². The standard InChI is InChI=1S/C24H27N3O6/c1-6-32-23(30)22(29)16(4)21(28)17-10-11-20(15(3)12-17)33-13-18-14(2)8-7-9-19(18)27-24(31)26(5)25-27/h7-12,16,25H,6,13H2,1-5H3. The average molecular weight is 453 g/mol. The summed E-state index contributed by atoms with van der Waals surface area (Å²) in [6.07, 6.45) is 0. The number of aromatic nitrogens is 3. The summed E-state index contributed by atoms with van der Waals surface area (Å²) in [5.74, 6) is -2.91. The molecule has 0 aliphatic rings. The molecule has 9 heteroatoms. The number of hydrogen-bond acceptors (Lipinski definition) is 6. The predicted octanol–water partition coefficient (Wildman–Crippen LogP) is 2.65. The summed E-state index contributed by atoms with van der Waals surface area (Å²) < 4.78 is 13.5. The molecule has 0 saturated carbocycles. The molecule has 174 valence electrons. The van der Waals surface area contributed by atoms with Gasteiger partial charge in [0.2, 0.25) is 0 Å². The monoisotopic (exact) mass is 453 g/mol. The van der Waals surface area contributed by atoms with Gasteiger partial charge in [-0.1, -0.05) is 12.1 Å². The number of hydrogen-bond donors (Lipinski definition) is 1. The first kappa shape index (κ1) is 23.8. The second-order valence-electron chi connectivity index (χ2n) is 7.79. The lowest BCUT2D eigenvalue weighted by Crippen LogP contribution is -2.40. The molecule has 1 heterocycles. The number of esters is 1. The first-order chi connectivity index (χ1) is 15.6. The molecule has 3 aromatic rings. The van der Waals surface area contributed by atoms with Crippen molar-refractivity contribution in [2.24, 2.45) is 13.0 Å². The fourth-order valence-electron chi connectivity index (χ4n) is 3.44. The number of aromatic amines is 1. The molecule has 0 spiro atoms. The molecular formula is C24H27N3O6. The van der Waals surface area contributed by atoms with Crippen molar-refractivity contribution in [3.8, 4) is 11.4 Å². The number of Topliss-reactive ketones (excluding diaryl/α,β-unsaturated/α-hetero) is 2. The maximum absolute atomic E-state index is 12.7. The van der Waals surface area contributed by atoms with Crippen molar-refractivity contribution >= 4 is 17.5 Å². The summed E-state index contributed by atoms with van der Waals surface area (Å²) in [5, 5.41) is 2.90. The van der Waals surface area contributed by atoms with Gasteiger partial charge in [-0.05, 0) is 63.1 Å². The Morgan fingerprint density at radius 2 is 1.82 bits per heavy atom. The third kappa shape index (κ3) is 4.82. The Morgan fingerprint density at radius 3 is 2.42 bits per heavy atom. The van der Waals surface area contributed by atoms with Gasteiger partial charge in [0.05, 0.1) is 18.2 Å². The normalized spacial score (nSPS) is 11.8. The number of carbonyl (C=O) groups is 3. The van der Waals surface area contributed by atoms with Crippen LogP contribution in [0.1, 0.15) is 40.9 Å². The zero-order valence-corrected chi connectivity index (χ0v) is 19.3. The molecule has 3 rings (SSSR count). The summed E-state index contributed by atoms with van der Waals surface area (Å²) >= 11 is 0. The molecule has 0 amide bonds. The van der Waals surface area contributed by atoms with Gasteiger partial charge in [-0.2, -0.15) is 4.68 Å². The lowest BCUT2D eigenvalue weighted by Gasteiger charge is -2.19. The first-order valence-corrected chi connectivity index (χ1v) is 10.6. The van der Waals surface area contributed by atoms with Crippen LogP contribution in [0.3, 0.4) is 0 Å². The lowest BCUT2D eigenvalue weighted by atomic mass is 9.94. The van der Waals surface area contributed by atoms with Crippen molar-refractivity contribution in [1.29, 1.82) is 0 Å². The second-order valence-corrected chi connectivity index (χ2v) is 7.79. The largest absolute Gasteiger partial charge is 0.489 e. The van der Waals surface area contributed by atoms with Crippen LogP contribution in [0, 0.1) is 19.8 Å². The Hall–Kier alpha value is -3.88. The molecular weight excluding hydrogens is 426 g/mol. The number of H-pyrrole nitrogens is 1. The molecule has 1 atom stereocenters. The van der Waals surface area contributed by atoms with E-state index in [9.17, 15) is 19.2 Å². The Kier molecular flexibility index (Phi) is 7.01. The van der Waals surface area contributed by atoms with E-state index >= 15 is 0 Å². The van der Waals surface area contributed by atoms with Crippen LogP contribution < -0.4 is 10.4 Å². The molecule has 0 aliphatic carbocycles. The highest BCUT2D eigenvalue weighted by atomic mass is 16.5. The predicted molar refractivity (Wildman–Crippen MR) is 121 cm³/mol. The molecule has 33 heavy (non-hydrogen) atoms. The van der Waals surface area contributed by atoms with Gasteiger partial charge in [-0.15, -0.1) is 0 Å². The minimum atomic E-state index is -1.13. The van der Waals surface area contributed by atoms with E-state index in [1.165, 1.54) is 16.3 Å². The van der Waals surface area contributed by atoms with E-state index in [2.05, 4.69) is 5.21 Å². The third-order valence-corrected chi connectivity index (χ3v) is 5.45. The van der Waals surface area contributed by atoms with Gasteiger partial charge in [-0.25, -0.2) is 19.5 Å². The van der Waals surface area contributed by atoms with Crippen LogP contribution in [0.2, 0.25) is 0 Å². The topological polar surface area (TPSA) is 112 Å². The van der Waals surface area contributed by atoms with E-state index < -0.39 is 23.5 Å². The zero-order chi connectivity index (χ0) is 24.3. The van der Waals surface area contributed by atoms with E-state index in [0.29, 0.717) is 22.6 Å². The fraction of sp³-hybridized carbons (Fsp3) is 0.333. The van der Waals surface area contributed by atoms with Gasteiger partial charge in [-0.3, -0.25) is 9.59 Å². The highest BCUT2D eigenvalue weighted by Gasteiger charge is 2.29. The van der Waals surface area contributed by atoms with Crippen LogP contribution in [0.4, 0.5) is 0 Å². The average Bonchev–Trinajstić information content (AvgIpc) is 2.80. The molecule has 0 fully saturated rings. The minimum Gasteiger partial charge on any atom is -0.489 e. The maximum Gasteiger partial charge on any atom is 0.375 e. The molecule has 1 unspecified atom stereocenters. The maximum atomic E-state index is 12.7. The van der Waals surface area contributed by atoms with Gasteiger partial charge in [0.1, 0.15) is 12.4 Å². The number of carbonyl (C=O) groups excluding carboxylic acids is 3. The summed E-state index contributed by atoms with van der Waals surface area (Å²) in [6.45, 7) is 6.99. The van der Waals surface area contributed by atoms with E-state index in [4.69, 9.17) is 9.47 Å².